The Morgan fingerprint density at radius 3 is 2.38 bits per heavy atom. The Balaban J connectivity index is 0.00000400. The molecule has 0 saturated heterocycles. The molecule has 0 unspecified atom stereocenters. The average Bonchev–Trinajstić information content (AvgIpc) is 2.46. The maximum absolute atomic E-state index is 11.7. The molecule has 0 fully saturated rings. The third-order valence-electron chi connectivity index (χ3n) is 2.65. The topological polar surface area (TPSA) is 65.5 Å². The van der Waals surface area contributed by atoms with Crippen LogP contribution >= 0.6 is 24.0 Å². The lowest BCUT2D eigenvalue weighted by Gasteiger charge is -2.13. The third kappa shape index (κ3) is 9.28. The van der Waals surface area contributed by atoms with Crippen molar-refractivity contribution in [1.29, 1.82) is 0 Å². The predicted molar refractivity (Wildman–Crippen MR) is 97.9 cm³/mol. The molecular formula is C15H25IN4O. The molecule has 0 heterocycles. The van der Waals surface area contributed by atoms with Gasteiger partial charge in [0, 0.05) is 20.1 Å². The minimum atomic E-state index is -0.0543. The highest BCUT2D eigenvalue weighted by Gasteiger charge is 2.03. The van der Waals surface area contributed by atoms with E-state index in [9.17, 15) is 4.79 Å². The van der Waals surface area contributed by atoms with Gasteiger partial charge in [0.25, 0.3) is 0 Å². The second-order valence-corrected chi connectivity index (χ2v) is 4.96. The number of nitrogens with one attached hydrogen (secondary N) is 3. The molecule has 1 aromatic carbocycles. The Labute approximate surface area is 144 Å². The second-order valence-electron chi connectivity index (χ2n) is 4.96. The summed E-state index contributed by atoms with van der Waals surface area (Å²) in [4.78, 5) is 15.8. The van der Waals surface area contributed by atoms with Crippen LogP contribution in [-0.2, 0) is 11.3 Å². The zero-order chi connectivity index (χ0) is 14.8. The maximum Gasteiger partial charge on any atom is 0.239 e. The van der Waals surface area contributed by atoms with E-state index in [1.807, 2.05) is 30.3 Å². The van der Waals surface area contributed by atoms with Gasteiger partial charge >= 0.3 is 0 Å². The highest BCUT2D eigenvalue weighted by Crippen LogP contribution is 1.96. The average molecular weight is 404 g/mol. The van der Waals surface area contributed by atoms with Crippen LogP contribution in [0.2, 0.25) is 0 Å². The van der Waals surface area contributed by atoms with E-state index in [1.165, 1.54) is 0 Å². The van der Waals surface area contributed by atoms with E-state index in [1.54, 1.807) is 7.05 Å². The minimum Gasteiger partial charge on any atom is -0.356 e. The summed E-state index contributed by atoms with van der Waals surface area (Å²) >= 11 is 0. The van der Waals surface area contributed by atoms with Crippen LogP contribution in [0.3, 0.4) is 0 Å². The normalized spacial score (nSPS) is 10.8. The molecule has 0 radical (unpaired) electrons. The first-order valence-electron chi connectivity index (χ1n) is 6.87. The van der Waals surface area contributed by atoms with Crippen molar-refractivity contribution in [1.82, 2.24) is 16.0 Å². The number of benzene rings is 1. The first kappa shape index (κ1) is 19.7. The van der Waals surface area contributed by atoms with Crippen LogP contribution < -0.4 is 16.0 Å². The Morgan fingerprint density at radius 1 is 1.14 bits per heavy atom. The summed E-state index contributed by atoms with van der Waals surface area (Å²) in [7, 11) is 1.69. The van der Waals surface area contributed by atoms with Crippen molar-refractivity contribution in [2.24, 2.45) is 10.9 Å². The van der Waals surface area contributed by atoms with E-state index >= 15 is 0 Å². The van der Waals surface area contributed by atoms with Crippen LogP contribution in [0.5, 0.6) is 0 Å². The van der Waals surface area contributed by atoms with E-state index in [4.69, 9.17) is 0 Å². The maximum atomic E-state index is 11.7. The summed E-state index contributed by atoms with van der Waals surface area (Å²) in [6.45, 7) is 5.81. The molecule has 1 amide bonds. The van der Waals surface area contributed by atoms with Crippen LogP contribution in [0.15, 0.2) is 35.3 Å². The molecular weight excluding hydrogens is 379 g/mol. The van der Waals surface area contributed by atoms with Crippen molar-refractivity contribution in [2.75, 3.05) is 20.1 Å². The van der Waals surface area contributed by atoms with Crippen LogP contribution in [0.4, 0.5) is 0 Å². The minimum absolute atomic E-state index is 0. The Hall–Kier alpha value is -1.31. The molecule has 6 heteroatoms. The number of carbonyl (C=O) groups excluding carboxylic acids is 1. The van der Waals surface area contributed by atoms with Gasteiger partial charge in [-0.05, 0) is 11.5 Å². The summed E-state index contributed by atoms with van der Waals surface area (Å²) in [5.74, 6) is 1.12. The van der Waals surface area contributed by atoms with Gasteiger partial charge in [0.1, 0.15) is 0 Å². The summed E-state index contributed by atoms with van der Waals surface area (Å²) < 4.78 is 0. The third-order valence-corrected chi connectivity index (χ3v) is 2.65. The van der Waals surface area contributed by atoms with E-state index in [0.29, 0.717) is 18.4 Å². The van der Waals surface area contributed by atoms with Crippen molar-refractivity contribution in [3.05, 3.63) is 35.9 Å². The lowest BCUT2D eigenvalue weighted by Crippen LogP contribution is -2.43. The number of hydrogen-bond donors (Lipinski definition) is 3. The second kappa shape index (κ2) is 11.4. The standard InChI is InChI=1S/C15H24N4O.HI/c1-12(2)9-18-15(16-3)19-11-14(20)17-10-13-7-5-4-6-8-13;/h4-8,12H,9-11H2,1-3H3,(H,17,20)(H2,16,18,19);1H. The van der Waals surface area contributed by atoms with Gasteiger partial charge in [-0.25, -0.2) is 0 Å². The number of halogens is 1. The quantitative estimate of drug-likeness (QED) is 0.385. The molecule has 3 N–H and O–H groups in total. The molecule has 21 heavy (non-hydrogen) atoms. The smallest absolute Gasteiger partial charge is 0.239 e. The summed E-state index contributed by atoms with van der Waals surface area (Å²) in [5, 5.41) is 9.00. The zero-order valence-corrected chi connectivity index (χ0v) is 15.2. The van der Waals surface area contributed by atoms with Gasteiger partial charge in [-0.2, -0.15) is 0 Å². The number of hydrogen-bond acceptors (Lipinski definition) is 2. The molecule has 1 aromatic rings. The molecule has 0 saturated carbocycles. The first-order chi connectivity index (χ1) is 9.61. The Morgan fingerprint density at radius 2 is 1.81 bits per heavy atom. The van der Waals surface area contributed by atoms with Crippen LogP contribution in [-0.4, -0.2) is 32.0 Å². The summed E-state index contributed by atoms with van der Waals surface area (Å²) in [6, 6.07) is 9.83. The Kier molecular flexibility index (Phi) is 10.7. The lowest BCUT2D eigenvalue weighted by atomic mass is 10.2. The number of amides is 1. The molecule has 5 nitrogen and oxygen atoms in total. The number of nitrogens with zero attached hydrogens (tertiary/aromatic N) is 1. The SMILES string of the molecule is CN=C(NCC(=O)NCc1ccccc1)NCC(C)C.I. The van der Waals surface area contributed by atoms with Gasteiger partial charge in [0.2, 0.25) is 5.91 Å². The monoisotopic (exact) mass is 404 g/mol. The van der Waals surface area contributed by atoms with Gasteiger partial charge in [-0.15, -0.1) is 24.0 Å². The molecule has 0 spiro atoms. The molecule has 0 atom stereocenters. The van der Waals surface area contributed by atoms with Crippen molar-refractivity contribution < 1.29 is 4.79 Å². The van der Waals surface area contributed by atoms with Crippen molar-refractivity contribution in [2.45, 2.75) is 20.4 Å². The van der Waals surface area contributed by atoms with Crippen LogP contribution in [0.25, 0.3) is 0 Å². The van der Waals surface area contributed by atoms with Gasteiger partial charge in [-0.3, -0.25) is 9.79 Å². The van der Waals surface area contributed by atoms with Crippen molar-refractivity contribution >= 4 is 35.8 Å². The number of aliphatic imine (C=N–C) groups is 1. The highest BCUT2D eigenvalue weighted by atomic mass is 127. The fourth-order valence-electron chi connectivity index (χ4n) is 1.54. The molecule has 1 rings (SSSR count). The number of guanidine groups is 1. The molecule has 118 valence electrons. The molecule has 0 aliphatic rings. The summed E-state index contributed by atoms with van der Waals surface area (Å²) in [5.41, 5.74) is 1.09. The fourth-order valence-corrected chi connectivity index (χ4v) is 1.54. The molecule has 0 aromatic heterocycles. The van der Waals surface area contributed by atoms with Gasteiger partial charge in [0.05, 0.1) is 6.54 Å². The molecule has 0 aliphatic carbocycles. The van der Waals surface area contributed by atoms with E-state index in [0.717, 1.165) is 12.1 Å². The van der Waals surface area contributed by atoms with Crippen LogP contribution in [0, 0.1) is 5.92 Å². The largest absolute Gasteiger partial charge is 0.356 e. The van der Waals surface area contributed by atoms with Gasteiger partial charge in [0.15, 0.2) is 5.96 Å². The van der Waals surface area contributed by atoms with E-state index in [-0.39, 0.29) is 36.4 Å². The van der Waals surface area contributed by atoms with E-state index < -0.39 is 0 Å². The fraction of sp³-hybridized carbons (Fsp3) is 0.467. The van der Waals surface area contributed by atoms with Crippen molar-refractivity contribution in [3.63, 3.8) is 0 Å². The lowest BCUT2D eigenvalue weighted by molar-refractivity contribution is -0.120. The molecule has 0 aliphatic heterocycles. The summed E-state index contributed by atoms with van der Waals surface area (Å²) in [6.07, 6.45) is 0. The number of carbonyl (C=O) groups is 1. The first-order valence-corrected chi connectivity index (χ1v) is 6.87. The highest BCUT2D eigenvalue weighted by molar-refractivity contribution is 14.0. The van der Waals surface area contributed by atoms with Crippen LogP contribution in [0.1, 0.15) is 19.4 Å². The van der Waals surface area contributed by atoms with Gasteiger partial charge in [-0.1, -0.05) is 44.2 Å². The Bertz CT molecular complexity index is 435. The number of rotatable bonds is 6. The zero-order valence-electron chi connectivity index (χ0n) is 12.8. The predicted octanol–water partition coefficient (Wildman–Crippen LogP) is 1.74. The van der Waals surface area contributed by atoms with Gasteiger partial charge < -0.3 is 16.0 Å². The van der Waals surface area contributed by atoms with Crippen molar-refractivity contribution in [3.8, 4) is 0 Å². The molecule has 0 bridgehead atoms. The van der Waals surface area contributed by atoms with E-state index in [2.05, 4.69) is 34.8 Å².